The third-order valence-electron chi connectivity index (χ3n) is 3.71. The second kappa shape index (κ2) is 3.84. The van der Waals surface area contributed by atoms with Crippen LogP contribution in [0.15, 0.2) is 12.4 Å². The van der Waals surface area contributed by atoms with Crippen molar-refractivity contribution in [3.63, 3.8) is 0 Å². The van der Waals surface area contributed by atoms with Crippen molar-refractivity contribution in [2.75, 3.05) is 4.90 Å². The molecule has 0 radical (unpaired) electrons. The molecule has 1 N–H and O–H groups in total. The maximum atomic E-state index is 11.1. The number of aliphatic carboxylic acids is 1. The summed E-state index contributed by atoms with van der Waals surface area (Å²) in [5.74, 6) is -0.291. The molecule has 3 atom stereocenters. The monoisotopic (exact) mass is 253 g/mol. The first-order valence-electron chi connectivity index (χ1n) is 5.65. The third-order valence-corrected chi connectivity index (χ3v) is 3.89. The summed E-state index contributed by atoms with van der Waals surface area (Å²) in [5.41, 5.74) is 0. The van der Waals surface area contributed by atoms with Crippen molar-refractivity contribution in [2.24, 2.45) is 5.92 Å². The Morgan fingerprint density at radius 2 is 2.29 bits per heavy atom. The second-order valence-corrected chi connectivity index (χ2v) is 4.97. The predicted octanol–water partition coefficient (Wildman–Crippen LogP) is 1.57. The smallest absolute Gasteiger partial charge is 0.308 e. The first-order valence-corrected chi connectivity index (χ1v) is 6.03. The Kier molecular flexibility index (Phi) is 2.43. The molecule has 2 aliphatic heterocycles. The molecule has 0 amide bonds. The molecule has 2 aliphatic rings. The Hall–Kier alpha value is -1.36. The fourth-order valence-electron chi connectivity index (χ4n) is 3.07. The van der Waals surface area contributed by atoms with E-state index in [1.54, 1.807) is 6.20 Å². The molecule has 90 valence electrons. The van der Waals surface area contributed by atoms with Gasteiger partial charge in [-0.3, -0.25) is 9.78 Å². The van der Waals surface area contributed by atoms with Crippen LogP contribution in [-0.2, 0) is 4.79 Å². The molecule has 1 aromatic heterocycles. The summed E-state index contributed by atoms with van der Waals surface area (Å²) in [6, 6.07) is 0.319. The minimum atomic E-state index is -0.711. The molecule has 3 unspecified atom stereocenters. The number of anilines is 1. The summed E-state index contributed by atoms with van der Waals surface area (Å²) in [6.07, 6.45) is 5.78. The fourth-order valence-corrected chi connectivity index (χ4v) is 3.21. The molecule has 1 aromatic rings. The van der Waals surface area contributed by atoms with Gasteiger partial charge in [0, 0.05) is 12.1 Å². The quantitative estimate of drug-likeness (QED) is 0.867. The van der Waals surface area contributed by atoms with Crippen molar-refractivity contribution in [2.45, 2.75) is 31.3 Å². The van der Waals surface area contributed by atoms with Gasteiger partial charge in [0.2, 0.25) is 0 Å². The van der Waals surface area contributed by atoms with Crippen LogP contribution in [0.4, 0.5) is 5.82 Å². The standard InChI is InChI=1S/C11H12ClN3O2/c12-9-4-13-5-10(14-9)15-6-1-2-8(15)7(3-6)11(16)17/h4-8H,1-3H2,(H,16,17). The first-order chi connectivity index (χ1) is 8.16. The second-order valence-electron chi connectivity index (χ2n) is 4.59. The summed E-state index contributed by atoms with van der Waals surface area (Å²) in [4.78, 5) is 21.5. The van der Waals surface area contributed by atoms with Gasteiger partial charge in [-0.05, 0) is 19.3 Å². The summed E-state index contributed by atoms with van der Waals surface area (Å²) in [5, 5.41) is 9.51. The molecular weight excluding hydrogens is 242 g/mol. The van der Waals surface area contributed by atoms with Gasteiger partial charge in [0.1, 0.15) is 11.0 Å². The molecule has 17 heavy (non-hydrogen) atoms. The van der Waals surface area contributed by atoms with Crippen LogP contribution in [0.2, 0.25) is 5.15 Å². The Morgan fingerprint density at radius 3 is 2.94 bits per heavy atom. The van der Waals surface area contributed by atoms with Gasteiger partial charge >= 0.3 is 5.97 Å². The van der Waals surface area contributed by atoms with Gasteiger partial charge in [0.05, 0.1) is 18.3 Å². The number of carboxylic acid groups (broad SMARTS) is 1. The van der Waals surface area contributed by atoms with Gasteiger partial charge in [-0.2, -0.15) is 0 Å². The maximum Gasteiger partial charge on any atom is 0.308 e. The molecule has 0 aliphatic carbocycles. The number of hydrogen-bond acceptors (Lipinski definition) is 4. The lowest BCUT2D eigenvalue weighted by molar-refractivity contribution is -0.142. The van der Waals surface area contributed by atoms with E-state index < -0.39 is 5.97 Å². The highest BCUT2D eigenvalue weighted by atomic mass is 35.5. The highest BCUT2D eigenvalue weighted by molar-refractivity contribution is 6.29. The van der Waals surface area contributed by atoms with E-state index in [4.69, 9.17) is 16.7 Å². The number of carbonyl (C=O) groups is 1. The number of halogens is 1. The Morgan fingerprint density at radius 1 is 1.47 bits per heavy atom. The molecule has 0 saturated carbocycles. The molecule has 2 fully saturated rings. The SMILES string of the molecule is O=C(O)C1CC2CCC1N2c1cncc(Cl)n1. The number of carboxylic acids is 1. The van der Waals surface area contributed by atoms with Crippen molar-refractivity contribution in [3.05, 3.63) is 17.5 Å². The molecule has 6 heteroatoms. The van der Waals surface area contributed by atoms with E-state index in [0.29, 0.717) is 17.4 Å². The van der Waals surface area contributed by atoms with E-state index >= 15 is 0 Å². The summed E-state index contributed by atoms with van der Waals surface area (Å²) >= 11 is 5.82. The van der Waals surface area contributed by atoms with Gasteiger partial charge in [-0.25, -0.2) is 4.98 Å². The van der Waals surface area contributed by atoms with E-state index in [-0.39, 0.29) is 18.0 Å². The zero-order chi connectivity index (χ0) is 12.0. The lowest BCUT2D eigenvalue weighted by Crippen LogP contribution is -2.33. The molecule has 3 rings (SSSR count). The minimum absolute atomic E-state index is 0.0465. The molecule has 2 saturated heterocycles. The van der Waals surface area contributed by atoms with E-state index in [9.17, 15) is 4.79 Å². The number of fused-ring (bicyclic) bond motifs is 2. The van der Waals surface area contributed by atoms with Crippen LogP contribution in [-0.4, -0.2) is 33.1 Å². The molecule has 0 aromatic carbocycles. The predicted molar refractivity (Wildman–Crippen MR) is 62.1 cm³/mol. The highest BCUT2D eigenvalue weighted by Gasteiger charge is 2.49. The Bertz CT molecular complexity index is 468. The van der Waals surface area contributed by atoms with Crippen molar-refractivity contribution in [1.29, 1.82) is 0 Å². The number of rotatable bonds is 2. The van der Waals surface area contributed by atoms with Crippen molar-refractivity contribution in [3.8, 4) is 0 Å². The van der Waals surface area contributed by atoms with Crippen molar-refractivity contribution >= 4 is 23.4 Å². The van der Waals surface area contributed by atoms with Crippen LogP contribution in [0.1, 0.15) is 19.3 Å². The average molecular weight is 254 g/mol. The first kappa shape index (κ1) is 10.8. The zero-order valence-corrected chi connectivity index (χ0v) is 9.84. The number of hydrogen-bond donors (Lipinski definition) is 1. The lowest BCUT2D eigenvalue weighted by Gasteiger charge is -2.23. The molecule has 0 spiro atoms. The van der Waals surface area contributed by atoms with Crippen molar-refractivity contribution < 1.29 is 9.90 Å². The Balaban J connectivity index is 1.93. The van der Waals surface area contributed by atoms with E-state index in [2.05, 4.69) is 14.9 Å². The van der Waals surface area contributed by atoms with Gasteiger partial charge < -0.3 is 10.0 Å². The number of aromatic nitrogens is 2. The summed E-state index contributed by atoms with van der Waals surface area (Å²) in [7, 11) is 0. The molecule has 5 nitrogen and oxygen atoms in total. The van der Waals surface area contributed by atoms with Crippen LogP contribution >= 0.6 is 11.6 Å². The van der Waals surface area contributed by atoms with E-state index in [0.717, 1.165) is 12.8 Å². The molecule has 2 bridgehead atoms. The normalized spacial score (nSPS) is 30.9. The molecular formula is C11H12ClN3O2. The lowest BCUT2D eigenvalue weighted by atomic mass is 9.89. The maximum absolute atomic E-state index is 11.1. The average Bonchev–Trinajstić information content (AvgIpc) is 2.85. The van der Waals surface area contributed by atoms with Crippen molar-refractivity contribution in [1.82, 2.24) is 9.97 Å². The van der Waals surface area contributed by atoms with Crippen LogP contribution in [0.25, 0.3) is 0 Å². The topological polar surface area (TPSA) is 66.3 Å². The van der Waals surface area contributed by atoms with Gasteiger partial charge in [0.15, 0.2) is 0 Å². The van der Waals surface area contributed by atoms with Gasteiger partial charge in [-0.1, -0.05) is 11.6 Å². The fraction of sp³-hybridized carbons (Fsp3) is 0.545. The number of nitrogens with zero attached hydrogens (tertiary/aromatic N) is 3. The molecule has 3 heterocycles. The van der Waals surface area contributed by atoms with E-state index in [1.165, 1.54) is 6.20 Å². The third kappa shape index (κ3) is 1.65. The van der Waals surface area contributed by atoms with E-state index in [1.807, 2.05) is 0 Å². The van der Waals surface area contributed by atoms with Crippen LogP contribution < -0.4 is 4.90 Å². The van der Waals surface area contributed by atoms with Gasteiger partial charge in [0.25, 0.3) is 0 Å². The minimum Gasteiger partial charge on any atom is -0.481 e. The summed E-state index contributed by atoms with van der Waals surface area (Å²) in [6.45, 7) is 0. The zero-order valence-electron chi connectivity index (χ0n) is 9.08. The Labute approximate surface area is 103 Å². The largest absolute Gasteiger partial charge is 0.481 e. The van der Waals surface area contributed by atoms with Gasteiger partial charge in [-0.15, -0.1) is 0 Å². The van der Waals surface area contributed by atoms with Crippen LogP contribution in [0.5, 0.6) is 0 Å². The van der Waals surface area contributed by atoms with Crippen LogP contribution in [0, 0.1) is 5.92 Å². The summed E-state index contributed by atoms with van der Waals surface area (Å²) < 4.78 is 0. The van der Waals surface area contributed by atoms with Crippen LogP contribution in [0.3, 0.4) is 0 Å². The highest BCUT2D eigenvalue weighted by Crippen LogP contribution is 2.43.